The monoisotopic (exact) mass is 313 g/mol. The summed E-state index contributed by atoms with van der Waals surface area (Å²) in [6.07, 6.45) is 3.10. The molecule has 0 spiro atoms. The molecule has 122 valence electrons. The lowest BCUT2D eigenvalue weighted by molar-refractivity contribution is 0.122. The van der Waals surface area contributed by atoms with Crippen LogP contribution in [0.4, 0.5) is 11.5 Å². The van der Waals surface area contributed by atoms with Crippen LogP contribution >= 0.6 is 0 Å². The van der Waals surface area contributed by atoms with E-state index >= 15 is 0 Å². The fourth-order valence-electron chi connectivity index (χ4n) is 3.15. The van der Waals surface area contributed by atoms with Crippen molar-refractivity contribution in [3.63, 3.8) is 0 Å². The van der Waals surface area contributed by atoms with Crippen molar-refractivity contribution in [2.45, 2.75) is 25.8 Å². The molecule has 1 saturated heterocycles. The number of hydrogen-bond donors (Lipinski definition) is 1. The Kier molecular flexibility index (Phi) is 3.95. The molecule has 0 bridgehead atoms. The average molecular weight is 313 g/mol. The minimum atomic E-state index is 0.631. The van der Waals surface area contributed by atoms with Gasteiger partial charge in [-0.1, -0.05) is 6.92 Å². The third-order valence-electron chi connectivity index (χ3n) is 4.71. The summed E-state index contributed by atoms with van der Waals surface area (Å²) in [5.41, 5.74) is 1.05. The van der Waals surface area contributed by atoms with Crippen LogP contribution in [0.25, 0.3) is 0 Å². The summed E-state index contributed by atoms with van der Waals surface area (Å²) in [6, 6.07) is 8.24. The van der Waals surface area contributed by atoms with Gasteiger partial charge >= 0.3 is 0 Å². The van der Waals surface area contributed by atoms with E-state index in [1.54, 1.807) is 0 Å². The fraction of sp³-hybridized carbons (Fsp3) is 0.500. The van der Waals surface area contributed by atoms with E-state index in [4.69, 9.17) is 9.15 Å². The van der Waals surface area contributed by atoms with Crippen LogP contribution in [0.15, 0.2) is 34.9 Å². The number of anilines is 2. The van der Waals surface area contributed by atoms with Gasteiger partial charge in [0, 0.05) is 25.2 Å². The van der Waals surface area contributed by atoms with Crippen LogP contribution in [-0.4, -0.2) is 31.3 Å². The van der Waals surface area contributed by atoms with E-state index in [1.807, 2.05) is 12.3 Å². The molecule has 2 aliphatic rings. The average Bonchev–Trinajstić information content (AvgIpc) is 3.15. The number of nitrogens with zero attached hydrogens (tertiary/aromatic N) is 2. The van der Waals surface area contributed by atoms with Crippen molar-refractivity contribution in [2.24, 2.45) is 5.92 Å². The SMILES string of the molecule is CC1CC1c1ccc(CNc2cccnc2N2CCOCC2)o1. The summed E-state index contributed by atoms with van der Waals surface area (Å²) in [5.74, 6) is 4.52. The van der Waals surface area contributed by atoms with Crippen molar-refractivity contribution in [1.29, 1.82) is 0 Å². The van der Waals surface area contributed by atoms with Gasteiger partial charge in [0.25, 0.3) is 0 Å². The second kappa shape index (κ2) is 6.24. The largest absolute Gasteiger partial charge is 0.464 e. The standard InChI is InChI=1S/C18H23N3O2/c1-13-11-15(13)17-5-4-14(23-17)12-20-16-3-2-6-19-18(16)21-7-9-22-10-8-21/h2-6,13,15,20H,7-12H2,1H3. The van der Waals surface area contributed by atoms with Crippen LogP contribution in [0.1, 0.15) is 30.8 Å². The maximum Gasteiger partial charge on any atom is 0.152 e. The lowest BCUT2D eigenvalue weighted by Crippen LogP contribution is -2.37. The molecule has 1 N–H and O–H groups in total. The Morgan fingerprint density at radius 2 is 2.09 bits per heavy atom. The van der Waals surface area contributed by atoms with E-state index in [1.165, 1.54) is 6.42 Å². The molecule has 3 heterocycles. The van der Waals surface area contributed by atoms with Crippen molar-refractivity contribution >= 4 is 11.5 Å². The van der Waals surface area contributed by atoms with Gasteiger partial charge in [-0.2, -0.15) is 0 Å². The van der Waals surface area contributed by atoms with E-state index in [0.29, 0.717) is 12.5 Å². The van der Waals surface area contributed by atoms with Crippen LogP contribution in [0.5, 0.6) is 0 Å². The predicted molar refractivity (Wildman–Crippen MR) is 89.8 cm³/mol. The topological polar surface area (TPSA) is 50.5 Å². The number of nitrogens with one attached hydrogen (secondary N) is 1. The maximum absolute atomic E-state index is 5.97. The molecule has 5 nitrogen and oxygen atoms in total. The molecule has 2 atom stereocenters. The maximum atomic E-state index is 5.97. The number of morpholine rings is 1. The molecule has 5 heteroatoms. The van der Waals surface area contributed by atoms with Gasteiger partial charge in [-0.3, -0.25) is 0 Å². The van der Waals surface area contributed by atoms with Crippen molar-refractivity contribution in [1.82, 2.24) is 4.98 Å². The van der Waals surface area contributed by atoms with Crippen LogP contribution in [0.3, 0.4) is 0 Å². The Balaban J connectivity index is 1.43. The quantitative estimate of drug-likeness (QED) is 0.918. The Hall–Kier alpha value is -2.01. The second-order valence-electron chi connectivity index (χ2n) is 6.45. The highest BCUT2D eigenvalue weighted by molar-refractivity contribution is 5.65. The van der Waals surface area contributed by atoms with Gasteiger partial charge in [-0.25, -0.2) is 4.98 Å². The van der Waals surface area contributed by atoms with E-state index < -0.39 is 0 Å². The molecule has 2 aromatic rings. The summed E-state index contributed by atoms with van der Waals surface area (Å²) in [4.78, 5) is 6.81. The molecule has 0 aromatic carbocycles. The Bertz CT molecular complexity index is 664. The third kappa shape index (κ3) is 3.20. The first kappa shape index (κ1) is 14.6. The van der Waals surface area contributed by atoms with Crippen LogP contribution in [-0.2, 0) is 11.3 Å². The fourth-order valence-corrected chi connectivity index (χ4v) is 3.15. The van der Waals surface area contributed by atoms with Gasteiger partial charge in [0.05, 0.1) is 25.4 Å². The van der Waals surface area contributed by atoms with Gasteiger partial charge in [0.15, 0.2) is 5.82 Å². The molecule has 0 amide bonds. The molecule has 0 radical (unpaired) electrons. The number of rotatable bonds is 5. The first-order chi connectivity index (χ1) is 11.3. The summed E-state index contributed by atoms with van der Waals surface area (Å²) >= 11 is 0. The molecule has 1 aliphatic heterocycles. The molecule has 23 heavy (non-hydrogen) atoms. The van der Waals surface area contributed by atoms with Crippen LogP contribution in [0.2, 0.25) is 0 Å². The highest BCUT2D eigenvalue weighted by Crippen LogP contribution is 2.47. The zero-order valence-corrected chi connectivity index (χ0v) is 13.5. The first-order valence-corrected chi connectivity index (χ1v) is 8.41. The van der Waals surface area contributed by atoms with E-state index in [-0.39, 0.29) is 0 Å². The van der Waals surface area contributed by atoms with E-state index in [9.17, 15) is 0 Å². The smallest absolute Gasteiger partial charge is 0.152 e. The van der Waals surface area contributed by atoms with Crippen LogP contribution in [0, 0.1) is 5.92 Å². The minimum absolute atomic E-state index is 0.631. The van der Waals surface area contributed by atoms with Crippen molar-refractivity contribution < 1.29 is 9.15 Å². The van der Waals surface area contributed by atoms with Crippen LogP contribution < -0.4 is 10.2 Å². The lowest BCUT2D eigenvalue weighted by Gasteiger charge is -2.29. The molecule has 1 aliphatic carbocycles. The number of furan rings is 1. The molecule has 2 unspecified atom stereocenters. The third-order valence-corrected chi connectivity index (χ3v) is 4.71. The van der Waals surface area contributed by atoms with Crippen molar-refractivity contribution in [3.05, 3.63) is 42.0 Å². The summed E-state index contributed by atoms with van der Waals surface area (Å²) in [5, 5.41) is 3.47. The zero-order valence-electron chi connectivity index (χ0n) is 13.5. The van der Waals surface area contributed by atoms with Gasteiger partial charge in [-0.05, 0) is 36.6 Å². The lowest BCUT2D eigenvalue weighted by atomic mass is 10.3. The van der Waals surface area contributed by atoms with E-state index in [2.05, 4.69) is 40.3 Å². The summed E-state index contributed by atoms with van der Waals surface area (Å²) in [6.45, 7) is 6.25. The van der Waals surface area contributed by atoms with Crippen molar-refractivity contribution in [3.8, 4) is 0 Å². The van der Waals surface area contributed by atoms with E-state index in [0.717, 1.165) is 55.2 Å². The highest BCUT2D eigenvalue weighted by Gasteiger charge is 2.36. The molecule has 2 fully saturated rings. The predicted octanol–water partition coefficient (Wildman–Crippen LogP) is 3.25. The molecular formula is C18H23N3O2. The van der Waals surface area contributed by atoms with Gasteiger partial charge in [-0.15, -0.1) is 0 Å². The zero-order chi connectivity index (χ0) is 15.6. The second-order valence-corrected chi connectivity index (χ2v) is 6.45. The number of aromatic nitrogens is 1. The Morgan fingerprint density at radius 3 is 2.87 bits per heavy atom. The minimum Gasteiger partial charge on any atom is -0.464 e. The number of hydrogen-bond acceptors (Lipinski definition) is 5. The molecular weight excluding hydrogens is 290 g/mol. The number of ether oxygens (including phenoxy) is 1. The number of pyridine rings is 1. The molecule has 4 rings (SSSR count). The highest BCUT2D eigenvalue weighted by atomic mass is 16.5. The molecule has 2 aromatic heterocycles. The van der Waals surface area contributed by atoms with Gasteiger partial charge in [0.1, 0.15) is 11.5 Å². The first-order valence-electron chi connectivity index (χ1n) is 8.41. The van der Waals surface area contributed by atoms with Gasteiger partial charge in [0.2, 0.25) is 0 Å². The van der Waals surface area contributed by atoms with Gasteiger partial charge < -0.3 is 19.4 Å². The normalized spacial score (nSPS) is 23.8. The summed E-state index contributed by atoms with van der Waals surface area (Å²) in [7, 11) is 0. The summed E-state index contributed by atoms with van der Waals surface area (Å²) < 4.78 is 11.4. The Labute approximate surface area is 136 Å². The van der Waals surface area contributed by atoms with Crippen molar-refractivity contribution in [2.75, 3.05) is 36.5 Å². The Morgan fingerprint density at radius 1 is 1.26 bits per heavy atom. The molecule has 1 saturated carbocycles.